The van der Waals surface area contributed by atoms with Crippen molar-refractivity contribution in [1.29, 1.82) is 0 Å². The summed E-state index contributed by atoms with van der Waals surface area (Å²) in [7, 11) is 2.87. The fraction of sp³-hybridized carbons (Fsp3) is 0.200. The van der Waals surface area contributed by atoms with E-state index in [9.17, 15) is 0 Å². The van der Waals surface area contributed by atoms with Crippen molar-refractivity contribution in [3.63, 3.8) is 0 Å². The van der Waals surface area contributed by atoms with Crippen LogP contribution in [0, 0.1) is 6.92 Å². The molecule has 2 heteroatoms. The first-order chi connectivity index (χ1) is 8.25. The molecule has 0 bridgehead atoms. The summed E-state index contributed by atoms with van der Waals surface area (Å²) in [4.78, 5) is 1.48. The van der Waals surface area contributed by atoms with Gasteiger partial charge in [-0.05, 0) is 40.9 Å². The Morgan fingerprint density at radius 3 is 2.71 bits per heavy atom. The lowest BCUT2D eigenvalue weighted by molar-refractivity contribution is 1.10. The zero-order valence-electron chi connectivity index (χ0n) is 9.86. The Balaban J connectivity index is 2.14. The van der Waals surface area contributed by atoms with E-state index in [1.807, 2.05) is 11.8 Å². The predicted octanol–water partition coefficient (Wildman–Crippen LogP) is 3.69. The average Bonchev–Trinajstić information content (AvgIpc) is 2.50. The van der Waals surface area contributed by atoms with Crippen LogP contribution in [0.25, 0.3) is 0 Å². The summed E-state index contributed by atoms with van der Waals surface area (Å²) in [5, 5.41) is 1.35. The van der Waals surface area contributed by atoms with Crippen molar-refractivity contribution in [2.75, 3.05) is 0 Å². The lowest BCUT2D eigenvalue weighted by Gasteiger charge is -2.08. The third kappa shape index (κ3) is 2.03. The van der Waals surface area contributed by atoms with E-state index < -0.39 is 0 Å². The first kappa shape index (κ1) is 11.3. The minimum Gasteiger partial charge on any atom is -0.121 e. The van der Waals surface area contributed by atoms with Crippen LogP contribution in [0.2, 0.25) is 0 Å². The molecule has 1 atom stereocenters. The highest BCUT2D eigenvalue weighted by Crippen LogP contribution is 2.35. The van der Waals surface area contributed by atoms with Crippen molar-refractivity contribution in [3.8, 4) is 0 Å². The third-order valence-corrected chi connectivity index (χ3v) is 5.19. The highest BCUT2D eigenvalue weighted by atomic mass is 32.2. The molecule has 0 spiro atoms. The van der Waals surface area contributed by atoms with Gasteiger partial charge in [-0.25, -0.2) is 0 Å². The molecule has 0 radical (unpaired) electrons. The molecule has 3 rings (SSSR count). The van der Waals surface area contributed by atoms with E-state index in [0.717, 1.165) is 12.2 Å². The molecule has 17 heavy (non-hydrogen) atoms. The van der Waals surface area contributed by atoms with Crippen LogP contribution >= 0.6 is 21.0 Å². The summed E-state index contributed by atoms with van der Waals surface area (Å²) < 4.78 is 0. The summed E-state index contributed by atoms with van der Waals surface area (Å²) in [5.41, 5.74) is 5.86. The van der Waals surface area contributed by atoms with E-state index in [-0.39, 0.29) is 0 Å². The maximum Gasteiger partial charge on any atom is 0.0241 e. The Morgan fingerprint density at radius 2 is 1.82 bits per heavy atom. The summed E-state index contributed by atoms with van der Waals surface area (Å²) in [5.74, 6) is 1.09. The molecule has 0 nitrogen and oxygen atoms in total. The molecule has 1 aliphatic heterocycles. The molecule has 1 heterocycles. The minimum atomic E-state index is 1.07. The van der Waals surface area contributed by atoms with Gasteiger partial charge in [0.15, 0.2) is 0 Å². The molecule has 0 aliphatic carbocycles. The molecule has 0 aromatic heterocycles. The molecular weight excluding hydrogens is 243 g/mol. The Kier molecular flexibility index (Phi) is 2.98. The molecule has 0 fully saturated rings. The van der Waals surface area contributed by atoms with Crippen LogP contribution in [0.5, 0.6) is 0 Å². The molecule has 0 N–H and O–H groups in total. The van der Waals surface area contributed by atoms with Gasteiger partial charge >= 0.3 is 0 Å². The highest BCUT2D eigenvalue weighted by Gasteiger charge is 2.15. The largest absolute Gasteiger partial charge is 0.121 e. The van der Waals surface area contributed by atoms with Crippen LogP contribution in [-0.2, 0) is 12.2 Å². The fourth-order valence-electron chi connectivity index (χ4n) is 2.40. The van der Waals surface area contributed by atoms with Gasteiger partial charge in [0.25, 0.3) is 0 Å². The Labute approximate surface area is 109 Å². The van der Waals surface area contributed by atoms with Crippen LogP contribution in [0.15, 0.2) is 41.3 Å². The molecule has 0 amide bonds. The zero-order chi connectivity index (χ0) is 11.8. The molecule has 2 aromatic carbocycles. The second-order valence-electron chi connectivity index (χ2n) is 4.51. The van der Waals surface area contributed by atoms with E-state index in [0.29, 0.717) is 0 Å². The molecular formula is C15H15PS. The van der Waals surface area contributed by atoms with Crippen LogP contribution in [0.1, 0.15) is 22.3 Å². The fourth-order valence-corrected chi connectivity index (χ4v) is 4.21. The SMILES string of the molecule is Cc1cccc2c1SCc1c(P)cccc1C2. The first-order valence-corrected chi connectivity index (χ1v) is 7.39. The summed E-state index contributed by atoms with van der Waals surface area (Å²) >= 11 is 1.98. The van der Waals surface area contributed by atoms with Crippen molar-refractivity contribution in [2.24, 2.45) is 0 Å². The number of aryl methyl sites for hydroxylation is 1. The lowest BCUT2D eigenvalue weighted by Crippen LogP contribution is -2.03. The Hall–Kier alpha value is -0.780. The van der Waals surface area contributed by atoms with Gasteiger partial charge in [-0.1, -0.05) is 36.4 Å². The van der Waals surface area contributed by atoms with E-state index in [4.69, 9.17) is 0 Å². The molecule has 0 saturated heterocycles. The number of hydrogen-bond donors (Lipinski definition) is 0. The number of fused-ring (bicyclic) bond motifs is 2. The van der Waals surface area contributed by atoms with Gasteiger partial charge in [0.2, 0.25) is 0 Å². The van der Waals surface area contributed by atoms with Crippen LogP contribution in [-0.4, -0.2) is 0 Å². The van der Waals surface area contributed by atoms with E-state index in [2.05, 4.69) is 52.6 Å². The van der Waals surface area contributed by atoms with Gasteiger partial charge in [-0.2, -0.15) is 0 Å². The average molecular weight is 258 g/mol. The lowest BCUT2D eigenvalue weighted by atomic mass is 9.99. The predicted molar refractivity (Wildman–Crippen MR) is 79.3 cm³/mol. The van der Waals surface area contributed by atoms with Crippen molar-refractivity contribution in [3.05, 3.63) is 58.7 Å². The zero-order valence-corrected chi connectivity index (χ0v) is 11.8. The van der Waals surface area contributed by atoms with Crippen molar-refractivity contribution in [1.82, 2.24) is 0 Å². The van der Waals surface area contributed by atoms with Gasteiger partial charge in [-0.15, -0.1) is 21.0 Å². The monoisotopic (exact) mass is 258 g/mol. The van der Waals surface area contributed by atoms with Gasteiger partial charge in [0.05, 0.1) is 0 Å². The summed E-state index contributed by atoms with van der Waals surface area (Å²) in [6, 6.07) is 13.3. The highest BCUT2D eigenvalue weighted by molar-refractivity contribution is 7.98. The molecule has 1 unspecified atom stereocenters. The van der Waals surface area contributed by atoms with E-state index in [1.165, 1.54) is 32.5 Å². The van der Waals surface area contributed by atoms with E-state index >= 15 is 0 Å². The number of benzene rings is 2. The van der Waals surface area contributed by atoms with Gasteiger partial charge in [0.1, 0.15) is 0 Å². The molecule has 86 valence electrons. The summed E-state index contributed by atoms with van der Waals surface area (Å²) in [6.45, 7) is 2.21. The number of rotatable bonds is 0. The van der Waals surface area contributed by atoms with Gasteiger partial charge in [0, 0.05) is 10.6 Å². The first-order valence-electron chi connectivity index (χ1n) is 5.83. The minimum absolute atomic E-state index is 1.07. The summed E-state index contributed by atoms with van der Waals surface area (Å²) in [6.07, 6.45) is 1.07. The second-order valence-corrected chi connectivity index (χ2v) is 6.12. The van der Waals surface area contributed by atoms with Crippen molar-refractivity contribution >= 4 is 26.3 Å². The quantitative estimate of drug-likeness (QED) is 0.649. The van der Waals surface area contributed by atoms with Crippen LogP contribution in [0.3, 0.4) is 0 Å². The second kappa shape index (κ2) is 4.48. The van der Waals surface area contributed by atoms with Crippen LogP contribution < -0.4 is 5.30 Å². The maximum absolute atomic E-state index is 2.87. The number of hydrogen-bond acceptors (Lipinski definition) is 1. The Bertz CT molecular complexity index is 524. The smallest absolute Gasteiger partial charge is 0.0241 e. The number of thioether (sulfide) groups is 1. The third-order valence-electron chi connectivity index (χ3n) is 3.34. The van der Waals surface area contributed by atoms with Crippen LogP contribution in [0.4, 0.5) is 0 Å². The molecule has 2 aromatic rings. The van der Waals surface area contributed by atoms with Gasteiger partial charge < -0.3 is 0 Å². The van der Waals surface area contributed by atoms with E-state index in [1.54, 1.807) is 0 Å². The standard InChI is InChI=1S/C15H15PS/c1-10-4-2-6-12-8-11-5-3-7-14(16)13(11)9-17-15(10)12/h2-7H,8-9,16H2,1H3. The molecule has 0 saturated carbocycles. The van der Waals surface area contributed by atoms with Crippen molar-refractivity contribution < 1.29 is 0 Å². The van der Waals surface area contributed by atoms with Crippen molar-refractivity contribution in [2.45, 2.75) is 24.0 Å². The Morgan fingerprint density at radius 1 is 1.06 bits per heavy atom. The topological polar surface area (TPSA) is 0 Å². The molecule has 1 aliphatic rings. The maximum atomic E-state index is 2.87. The normalized spacial score (nSPS) is 13.8. The van der Waals surface area contributed by atoms with Gasteiger partial charge in [-0.3, -0.25) is 0 Å².